The first-order valence-electron chi connectivity index (χ1n) is 6.69. The number of nitrogens with two attached hydrogens (primary N) is 2. The molecule has 0 bridgehead atoms. The Labute approximate surface area is 136 Å². The van der Waals surface area contributed by atoms with Gasteiger partial charge >= 0.3 is 0 Å². The zero-order valence-electron chi connectivity index (χ0n) is 12.3. The third-order valence-electron chi connectivity index (χ3n) is 2.89. The molecule has 6 heteroatoms. The maximum absolute atomic E-state index is 5.81. The summed E-state index contributed by atoms with van der Waals surface area (Å²) >= 11 is 0. The lowest BCUT2D eigenvalue weighted by atomic mass is 10.1. The van der Waals surface area contributed by atoms with Gasteiger partial charge in [0.2, 0.25) is 11.9 Å². The molecule has 2 aromatic carbocycles. The Kier molecular flexibility index (Phi) is 6.92. The number of hydrogen-bond acceptors (Lipinski definition) is 1. The second-order valence-corrected chi connectivity index (χ2v) is 4.56. The molecule has 0 saturated heterocycles. The number of nitrogens with one attached hydrogen (secondary N) is 1. The smallest absolute Gasteiger partial charge is 0.219 e. The standard InChI is InChI=1S/C16H19N5.ClH/c1-12(13-8-4-2-5-9-13)19-15(17)21-16(18)20-14-10-6-3-7-11-14;/h2-12H,1H3,(H5,17,18,19,20,21);1H. The van der Waals surface area contributed by atoms with E-state index < -0.39 is 0 Å². The SMILES string of the molecule is CC(N=C(N)/N=C(\N)Nc1ccccc1)c1ccccc1.Cl. The number of nitrogens with zero attached hydrogens (tertiary/aromatic N) is 2. The fraction of sp³-hybridized carbons (Fsp3) is 0.125. The van der Waals surface area contributed by atoms with Crippen LogP contribution in [0.25, 0.3) is 0 Å². The van der Waals surface area contributed by atoms with Crippen LogP contribution >= 0.6 is 12.4 Å². The lowest BCUT2D eigenvalue weighted by molar-refractivity contribution is 0.816. The molecule has 1 atom stereocenters. The van der Waals surface area contributed by atoms with Crippen LogP contribution in [0.5, 0.6) is 0 Å². The van der Waals surface area contributed by atoms with E-state index in [2.05, 4.69) is 15.3 Å². The van der Waals surface area contributed by atoms with Crippen molar-refractivity contribution in [3.63, 3.8) is 0 Å². The Morgan fingerprint density at radius 3 is 2.09 bits per heavy atom. The van der Waals surface area contributed by atoms with Crippen LogP contribution in [0.2, 0.25) is 0 Å². The van der Waals surface area contributed by atoms with Crippen LogP contribution in [0.4, 0.5) is 5.69 Å². The number of guanidine groups is 2. The molecule has 0 amide bonds. The first-order chi connectivity index (χ1) is 10.1. The van der Waals surface area contributed by atoms with Gasteiger partial charge < -0.3 is 16.8 Å². The normalized spacial score (nSPS) is 13.1. The van der Waals surface area contributed by atoms with Gasteiger partial charge in [0.15, 0.2) is 0 Å². The highest BCUT2D eigenvalue weighted by Crippen LogP contribution is 2.15. The molecule has 1 unspecified atom stereocenters. The number of benzene rings is 2. The van der Waals surface area contributed by atoms with Crippen molar-refractivity contribution in [2.75, 3.05) is 5.32 Å². The minimum absolute atomic E-state index is 0. The number of rotatable bonds is 3. The summed E-state index contributed by atoms with van der Waals surface area (Å²) in [6.45, 7) is 1.96. The lowest BCUT2D eigenvalue weighted by Crippen LogP contribution is -2.26. The average Bonchev–Trinajstić information content (AvgIpc) is 2.48. The van der Waals surface area contributed by atoms with Gasteiger partial charge in [0.05, 0.1) is 6.04 Å². The van der Waals surface area contributed by atoms with Crippen LogP contribution in [0, 0.1) is 0 Å². The maximum atomic E-state index is 5.81. The summed E-state index contributed by atoms with van der Waals surface area (Å²) in [5.41, 5.74) is 13.5. The second-order valence-electron chi connectivity index (χ2n) is 4.56. The van der Waals surface area contributed by atoms with Crippen LogP contribution in [-0.4, -0.2) is 11.9 Å². The van der Waals surface area contributed by atoms with E-state index >= 15 is 0 Å². The van der Waals surface area contributed by atoms with Crippen LogP contribution in [-0.2, 0) is 0 Å². The van der Waals surface area contributed by atoms with Crippen molar-refractivity contribution < 1.29 is 0 Å². The van der Waals surface area contributed by atoms with E-state index in [1.54, 1.807) is 0 Å². The van der Waals surface area contributed by atoms with Crippen LogP contribution in [0.15, 0.2) is 70.6 Å². The summed E-state index contributed by atoms with van der Waals surface area (Å²) in [4.78, 5) is 8.36. The lowest BCUT2D eigenvalue weighted by Gasteiger charge is -2.08. The molecule has 2 rings (SSSR count). The van der Waals surface area contributed by atoms with E-state index in [4.69, 9.17) is 11.5 Å². The number of anilines is 1. The van der Waals surface area contributed by atoms with Crippen molar-refractivity contribution in [1.82, 2.24) is 0 Å². The monoisotopic (exact) mass is 317 g/mol. The summed E-state index contributed by atoms with van der Waals surface area (Å²) in [5.74, 6) is 0.356. The predicted molar refractivity (Wildman–Crippen MR) is 95.4 cm³/mol. The van der Waals surface area contributed by atoms with Crippen LogP contribution < -0.4 is 16.8 Å². The summed E-state index contributed by atoms with van der Waals surface area (Å²) in [7, 11) is 0. The molecular weight excluding hydrogens is 298 g/mol. The number of hydrogen-bond donors (Lipinski definition) is 3. The molecule has 0 fully saturated rings. The summed E-state index contributed by atoms with van der Waals surface area (Å²) in [6, 6.07) is 19.3. The largest absolute Gasteiger partial charge is 0.369 e. The van der Waals surface area contributed by atoms with Gasteiger partial charge in [-0.3, -0.25) is 0 Å². The topological polar surface area (TPSA) is 88.8 Å². The summed E-state index contributed by atoms with van der Waals surface area (Å²) in [5, 5.41) is 2.95. The molecule has 5 nitrogen and oxygen atoms in total. The Morgan fingerprint density at radius 2 is 1.50 bits per heavy atom. The second kappa shape index (κ2) is 8.69. The van der Waals surface area contributed by atoms with E-state index in [1.165, 1.54) is 0 Å². The van der Waals surface area contributed by atoms with Gasteiger partial charge in [-0.05, 0) is 24.6 Å². The molecule has 0 spiro atoms. The minimum atomic E-state index is -0.0699. The van der Waals surface area contributed by atoms with Gasteiger partial charge in [-0.15, -0.1) is 12.4 Å². The van der Waals surface area contributed by atoms with Crippen molar-refractivity contribution in [3.8, 4) is 0 Å². The van der Waals surface area contributed by atoms with Crippen molar-refractivity contribution in [2.24, 2.45) is 21.5 Å². The molecule has 116 valence electrons. The van der Waals surface area contributed by atoms with E-state index in [-0.39, 0.29) is 30.4 Å². The van der Waals surface area contributed by atoms with Crippen LogP contribution in [0.3, 0.4) is 0 Å². The van der Waals surface area contributed by atoms with Gasteiger partial charge in [0, 0.05) is 5.69 Å². The van der Waals surface area contributed by atoms with Gasteiger partial charge in [-0.2, -0.15) is 4.99 Å². The third kappa shape index (κ3) is 5.46. The summed E-state index contributed by atoms with van der Waals surface area (Å²) < 4.78 is 0. The number of halogens is 1. The molecule has 0 aromatic heterocycles. The maximum Gasteiger partial charge on any atom is 0.219 e. The average molecular weight is 318 g/mol. The molecule has 0 saturated carbocycles. The molecule has 0 aliphatic heterocycles. The Hall–Kier alpha value is -2.53. The predicted octanol–water partition coefficient (Wildman–Crippen LogP) is 2.91. The molecule has 5 N–H and O–H groups in total. The van der Waals surface area contributed by atoms with Gasteiger partial charge in [-0.25, -0.2) is 4.99 Å². The Bertz CT molecular complexity index is 625. The first kappa shape index (κ1) is 17.5. The van der Waals surface area contributed by atoms with Gasteiger partial charge in [-0.1, -0.05) is 48.5 Å². The highest BCUT2D eigenvalue weighted by atomic mass is 35.5. The zero-order valence-corrected chi connectivity index (χ0v) is 13.1. The van der Waals surface area contributed by atoms with E-state index in [0.29, 0.717) is 0 Å². The van der Waals surface area contributed by atoms with Gasteiger partial charge in [0.25, 0.3) is 0 Å². The molecule has 2 aromatic rings. The number of aliphatic imine (C=N–C) groups is 2. The van der Waals surface area contributed by atoms with Crippen molar-refractivity contribution in [3.05, 3.63) is 66.2 Å². The fourth-order valence-corrected chi connectivity index (χ4v) is 1.85. The number of para-hydroxylation sites is 1. The molecule has 0 aliphatic rings. The third-order valence-corrected chi connectivity index (χ3v) is 2.89. The molecule has 22 heavy (non-hydrogen) atoms. The molecule has 0 aliphatic carbocycles. The van der Waals surface area contributed by atoms with Gasteiger partial charge in [0.1, 0.15) is 0 Å². The first-order valence-corrected chi connectivity index (χ1v) is 6.69. The van der Waals surface area contributed by atoms with Crippen molar-refractivity contribution in [1.29, 1.82) is 0 Å². The Balaban J connectivity index is 0.00000242. The quantitative estimate of drug-likeness (QED) is 0.600. The van der Waals surface area contributed by atoms with E-state index in [0.717, 1.165) is 11.3 Å². The molecule has 0 heterocycles. The van der Waals surface area contributed by atoms with E-state index in [9.17, 15) is 0 Å². The van der Waals surface area contributed by atoms with E-state index in [1.807, 2.05) is 67.6 Å². The Morgan fingerprint density at radius 1 is 0.955 bits per heavy atom. The molecular formula is C16H20ClN5. The highest BCUT2D eigenvalue weighted by Gasteiger charge is 2.03. The minimum Gasteiger partial charge on any atom is -0.369 e. The molecule has 0 radical (unpaired) electrons. The zero-order chi connectivity index (χ0) is 15.1. The highest BCUT2D eigenvalue weighted by molar-refractivity contribution is 6.00. The van der Waals surface area contributed by atoms with Crippen molar-refractivity contribution >= 4 is 30.0 Å². The summed E-state index contributed by atoms with van der Waals surface area (Å²) in [6.07, 6.45) is 0. The van der Waals surface area contributed by atoms with Crippen molar-refractivity contribution in [2.45, 2.75) is 13.0 Å². The fourth-order valence-electron chi connectivity index (χ4n) is 1.85. The van der Waals surface area contributed by atoms with Crippen LogP contribution in [0.1, 0.15) is 18.5 Å².